The highest BCUT2D eigenvalue weighted by Crippen LogP contribution is 2.45. The maximum Gasteiger partial charge on any atom is 0.254 e. The van der Waals surface area contributed by atoms with Gasteiger partial charge in [0.2, 0.25) is 0 Å². The summed E-state index contributed by atoms with van der Waals surface area (Å²) >= 11 is 6.14. The average molecular weight is 394 g/mol. The molecule has 1 amide bonds. The van der Waals surface area contributed by atoms with E-state index in [0.717, 1.165) is 28.7 Å². The summed E-state index contributed by atoms with van der Waals surface area (Å²) in [5, 5.41) is 0.667. The van der Waals surface area contributed by atoms with E-state index in [4.69, 9.17) is 11.6 Å². The first-order valence-electron chi connectivity index (χ1n) is 9.93. The van der Waals surface area contributed by atoms with Crippen molar-refractivity contribution in [1.29, 1.82) is 0 Å². The van der Waals surface area contributed by atoms with Gasteiger partial charge in [0.25, 0.3) is 5.91 Å². The zero-order valence-corrected chi connectivity index (χ0v) is 16.8. The van der Waals surface area contributed by atoms with Crippen LogP contribution in [0.15, 0.2) is 60.2 Å². The van der Waals surface area contributed by atoms with Gasteiger partial charge in [0.05, 0.1) is 5.54 Å². The summed E-state index contributed by atoms with van der Waals surface area (Å²) in [6.07, 6.45) is 5.38. The van der Waals surface area contributed by atoms with E-state index in [0.29, 0.717) is 37.3 Å². The molecule has 0 saturated carbocycles. The molecule has 0 aromatic heterocycles. The highest BCUT2D eigenvalue weighted by atomic mass is 35.5. The van der Waals surface area contributed by atoms with Gasteiger partial charge in [-0.05, 0) is 47.7 Å². The van der Waals surface area contributed by atoms with Gasteiger partial charge in [-0.15, -0.1) is 0 Å². The van der Waals surface area contributed by atoms with Gasteiger partial charge >= 0.3 is 0 Å². The first-order valence-corrected chi connectivity index (χ1v) is 10.3. The van der Waals surface area contributed by atoms with Gasteiger partial charge in [0.15, 0.2) is 5.78 Å². The maximum atomic E-state index is 13.4. The molecule has 0 spiro atoms. The Labute approximate surface area is 171 Å². The van der Waals surface area contributed by atoms with Crippen molar-refractivity contribution in [2.75, 3.05) is 6.54 Å². The maximum absolute atomic E-state index is 13.4. The highest BCUT2D eigenvalue weighted by molar-refractivity contribution is 6.30. The predicted molar refractivity (Wildman–Crippen MR) is 112 cm³/mol. The largest absolute Gasteiger partial charge is 0.328 e. The standard InChI is InChI=1S/C24H24ClNO2/c1-2-6-22(27)18-8-5-14-26-23(28)21-9-4-3-7-17(21)15-24(26,16-18)19-10-12-20(25)13-11-19/h3-4,7-13H,2,5-6,14-16H2,1H3. The van der Waals surface area contributed by atoms with Crippen molar-refractivity contribution in [2.24, 2.45) is 0 Å². The minimum Gasteiger partial charge on any atom is -0.328 e. The Balaban J connectivity index is 1.87. The summed E-state index contributed by atoms with van der Waals surface area (Å²) in [6, 6.07) is 15.6. The second kappa shape index (κ2) is 7.56. The summed E-state index contributed by atoms with van der Waals surface area (Å²) in [4.78, 5) is 28.2. The number of fused-ring (bicyclic) bond motifs is 2. The number of ketones is 1. The molecule has 2 heterocycles. The third kappa shape index (κ3) is 3.18. The van der Waals surface area contributed by atoms with E-state index < -0.39 is 5.54 Å². The molecule has 4 rings (SSSR count). The van der Waals surface area contributed by atoms with E-state index in [2.05, 4.69) is 0 Å². The van der Waals surface area contributed by atoms with Gasteiger partial charge in [0, 0.05) is 36.4 Å². The van der Waals surface area contributed by atoms with E-state index in [1.54, 1.807) is 0 Å². The second-order valence-corrected chi connectivity index (χ2v) is 8.13. The Hall–Kier alpha value is -2.39. The van der Waals surface area contributed by atoms with E-state index in [-0.39, 0.29) is 11.7 Å². The molecule has 2 aliphatic heterocycles. The van der Waals surface area contributed by atoms with Gasteiger partial charge in [-0.2, -0.15) is 0 Å². The Kier molecular flexibility index (Phi) is 5.11. The van der Waals surface area contributed by atoms with Crippen molar-refractivity contribution in [3.8, 4) is 0 Å². The number of nitrogens with zero attached hydrogens (tertiary/aromatic N) is 1. The van der Waals surface area contributed by atoms with Crippen molar-refractivity contribution in [1.82, 2.24) is 4.90 Å². The van der Waals surface area contributed by atoms with Gasteiger partial charge in [-0.3, -0.25) is 9.59 Å². The summed E-state index contributed by atoms with van der Waals surface area (Å²) < 4.78 is 0. The molecule has 144 valence electrons. The van der Waals surface area contributed by atoms with Crippen molar-refractivity contribution in [3.63, 3.8) is 0 Å². The number of hydrogen-bond acceptors (Lipinski definition) is 2. The Morgan fingerprint density at radius 2 is 1.86 bits per heavy atom. The molecule has 1 unspecified atom stereocenters. The zero-order valence-electron chi connectivity index (χ0n) is 16.1. The minimum atomic E-state index is -0.554. The number of halogens is 1. The predicted octanol–water partition coefficient (Wildman–Crippen LogP) is 5.32. The molecule has 28 heavy (non-hydrogen) atoms. The molecular formula is C24H24ClNO2. The lowest BCUT2D eigenvalue weighted by Gasteiger charge is -2.47. The molecule has 2 aliphatic rings. The summed E-state index contributed by atoms with van der Waals surface area (Å²) in [6.45, 7) is 2.63. The van der Waals surface area contributed by atoms with Gasteiger partial charge < -0.3 is 4.90 Å². The van der Waals surface area contributed by atoms with E-state index in [1.165, 1.54) is 0 Å². The molecule has 1 atom stereocenters. The minimum absolute atomic E-state index is 0.0504. The fourth-order valence-corrected chi connectivity index (χ4v) is 4.71. The lowest BCUT2D eigenvalue weighted by atomic mass is 9.73. The van der Waals surface area contributed by atoms with Crippen molar-refractivity contribution < 1.29 is 9.59 Å². The fraction of sp³-hybridized carbons (Fsp3) is 0.333. The Morgan fingerprint density at radius 3 is 2.61 bits per heavy atom. The molecular weight excluding hydrogens is 370 g/mol. The second-order valence-electron chi connectivity index (χ2n) is 7.70. The van der Waals surface area contributed by atoms with Crippen LogP contribution in [-0.4, -0.2) is 23.1 Å². The van der Waals surface area contributed by atoms with Crippen LogP contribution in [0.2, 0.25) is 5.02 Å². The topological polar surface area (TPSA) is 37.4 Å². The normalized spacial score (nSPS) is 21.4. The number of benzene rings is 2. The molecule has 0 radical (unpaired) electrons. The first kappa shape index (κ1) is 18.9. The highest BCUT2D eigenvalue weighted by Gasteiger charge is 2.47. The lowest BCUT2D eigenvalue weighted by Crippen LogP contribution is -2.54. The van der Waals surface area contributed by atoms with Crippen LogP contribution in [0.1, 0.15) is 54.1 Å². The molecule has 2 aromatic rings. The lowest BCUT2D eigenvalue weighted by molar-refractivity contribution is -0.116. The van der Waals surface area contributed by atoms with Crippen LogP contribution in [0.25, 0.3) is 0 Å². The molecule has 2 aromatic carbocycles. The van der Waals surface area contributed by atoms with Crippen LogP contribution in [0.5, 0.6) is 0 Å². The van der Waals surface area contributed by atoms with Crippen LogP contribution in [0.3, 0.4) is 0 Å². The number of rotatable bonds is 4. The molecule has 0 saturated heterocycles. The third-order valence-electron chi connectivity index (χ3n) is 5.94. The first-order chi connectivity index (χ1) is 13.5. The smallest absolute Gasteiger partial charge is 0.254 e. The average Bonchev–Trinajstić information content (AvgIpc) is 2.90. The molecule has 0 bridgehead atoms. The number of hydrogen-bond donors (Lipinski definition) is 0. The van der Waals surface area contributed by atoms with Gasteiger partial charge in [-0.1, -0.05) is 54.9 Å². The number of Topliss-reactive ketones (excluding diaryl/α,β-unsaturated/α-hetero) is 1. The van der Waals surface area contributed by atoms with E-state index in [9.17, 15) is 9.59 Å². The quantitative estimate of drug-likeness (QED) is 0.704. The van der Waals surface area contributed by atoms with E-state index in [1.807, 2.05) is 66.4 Å². The monoisotopic (exact) mass is 393 g/mol. The Bertz CT molecular complexity index is 947. The van der Waals surface area contributed by atoms with Crippen molar-refractivity contribution in [2.45, 2.75) is 44.6 Å². The SMILES string of the molecule is CCCC(=O)C1=CCCN2C(=O)c3ccccc3CC2(c2ccc(Cl)cc2)C1. The number of carbonyl (C=O) groups excluding carboxylic acids is 2. The fourth-order valence-electron chi connectivity index (χ4n) is 4.58. The third-order valence-corrected chi connectivity index (χ3v) is 6.19. The summed E-state index contributed by atoms with van der Waals surface area (Å²) in [5.74, 6) is 0.249. The molecule has 0 N–H and O–H groups in total. The van der Waals surface area contributed by atoms with Crippen LogP contribution in [0, 0.1) is 0 Å². The van der Waals surface area contributed by atoms with Crippen LogP contribution >= 0.6 is 11.6 Å². The summed E-state index contributed by atoms with van der Waals surface area (Å²) in [7, 11) is 0. The molecule has 0 aliphatic carbocycles. The Morgan fingerprint density at radius 1 is 1.11 bits per heavy atom. The van der Waals surface area contributed by atoms with Crippen molar-refractivity contribution in [3.05, 3.63) is 81.9 Å². The van der Waals surface area contributed by atoms with Crippen LogP contribution in [0.4, 0.5) is 0 Å². The molecule has 0 fully saturated rings. The van der Waals surface area contributed by atoms with E-state index >= 15 is 0 Å². The van der Waals surface area contributed by atoms with Gasteiger partial charge in [-0.25, -0.2) is 0 Å². The zero-order chi connectivity index (χ0) is 19.7. The number of amides is 1. The van der Waals surface area contributed by atoms with Crippen molar-refractivity contribution >= 4 is 23.3 Å². The molecule has 4 heteroatoms. The van der Waals surface area contributed by atoms with Crippen LogP contribution < -0.4 is 0 Å². The number of carbonyl (C=O) groups is 2. The van der Waals surface area contributed by atoms with Gasteiger partial charge in [0.1, 0.15) is 0 Å². The molecule has 3 nitrogen and oxygen atoms in total. The van der Waals surface area contributed by atoms with Crippen LogP contribution in [-0.2, 0) is 16.8 Å². The summed E-state index contributed by atoms with van der Waals surface area (Å²) in [5.41, 5.74) is 3.16.